The van der Waals surface area contributed by atoms with Crippen LogP contribution in [0.4, 0.5) is 4.79 Å². The Hall–Kier alpha value is -1.58. The summed E-state index contributed by atoms with van der Waals surface area (Å²) in [6.07, 6.45) is 9.10. The number of hydrogen-bond donors (Lipinski definition) is 2. The molecule has 3 atom stereocenters. The third kappa shape index (κ3) is 7.59. The average molecular weight is 457 g/mol. The van der Waals surface area contributed by atoms with Crippen LogP contribution >= 0.6 is 23.1 Å². The second-order valence-corrected chi connectivity index (χ2v) is 10.1. The molecule has 30 heavy (non-hydrogen) atoms. The molecule has 0 aliphatic carbocycles. The first-order valence-corrected chi connectivity index (χ1v) is 12.3. The van der Waals surface area contributed by atoms with E-state index in [1.54, 1.807) is 4.90 Å². The number of carboxylic acid groups (broad SMARTS) is 1. The highest BCUT2D eigenvalue weighted by atomic mass is 32.2. The summed E-state index contributed by atoms with van der Waals surface area (Å²) < 4.78 is 6.04. The number of nitrogens with zero attached hydrogens (tertiary/aromatic N) is 2. The highest BCUT2D eigenvalue weighted by molar-refractivity contribution is 8.01. The molecular formula is C21H32N2O5S2. The van der Waals surface area contributed by atoms with Gasteiger partial charge in [-0.2, -0.15) is 0 Å². The third-order valence-electron chi connectivity index (χ3n) is 5.08. The molecule has 0 radical (unpaired) electrons. The molecule has 1 aromatic rings. The maximum Gasteiger partial charge on any atom is 0.410 e. The van der Waals surface area contributed by atoms with Crippen molar-refractivity contribution < 1.29 is 24.5 Å². The van der Waals surface area contributed by atoms with E-state index in [4.69, 9.17) is 9.84 Å². The van der Waals surface area contributed by atoms with Crippen molar-refractivity contribution in [3.8, 4) is 0 Å². The van der Waals surface area contributed by atoms with Crippen molar-refractivity contribution in [3.63, 3.8) is 0 Å². The molecule has 1 fully saturated rings. The van der Waals surface area contributed by atoms with E-state index in [1.807, 2.05) is 26.0 Å². The van der Waals surface area contributed by atoms with Crippen molar-refractivity contribution in [1.82, 2.24) is 9.88 Å². The molecule has 7 nitrogen and oxygen atoms in total. The highest BCUT2D eigenvalue weighted by Crippen LogP contribution is 2.26. The van der Waals surface area contributed by atoms with Crippen molar-refractivity contribution >= 4 is 35.2 Å². The minimum absolute atomic E-state index is 0.0410. The number of aliphatic hydroxyl groups is 1. The Morgan fingerprint density at radius 3 is 2.87 bits per heavy atom. The largest absolute Gasteiger partial charge is 0.476 e. The van der Waals surface area contributed by atoms with Gasteiger partial charge in [0, 0.05) is 17.7 Å². The molecule has 0 spiro atoms. The Labute approximate surface area is 186 Å². The summed E-state index contributed by atoms with van der Waals surface area (Å²) in [4.78, 5) is 28.9. The maximum atomic E-state index is 12.2. The monoisotopic (exact) mass is 456 g/mol. The van der Waals surface area contributed by atoms with E-state index >= 15 is 0 Å². The Balaban J connectivity index is 1.84. The summed E-state index contributed by atoms with van der Waals surface area (Å²) in [6.45, 7) is 6.36. The molecule has 0 aromatic carbocycles. The Bertz CT molecular complexity index is 735. The highest BCUT2D eigenvalue weighted by Gasteiger charge is 2.37. The van der Waals surface area contributed by atoms with Crippen LogP contribution < -0.4 is 0 Å². The summed E-state index contributed by atoms with van der Waals surface area (Å²) >= 11 is 2.71. The lowest BCUT2D eigenvalue weighted by Crippen LogP contribution is -2.36. The van der Waals surface area contributed by atoms with Gasteiger partial charge in [-0.1, -0.05) is 56.5 Å². The lowest BCUT2D eigenvalue weighted by atomic mass is 9.94. The van der Waals surface area contributed by atoms with E-state index in [0.717, 1.165) is 19.3 Å². The number of ether oxygens (including phenoxy) is 1. The van der Waals surface area contributed by atoms with Crippen LogP contribution in [0, 0.1) is 0 Å². The number of amides is 1. The molecule has 3 unspecified atom stereocenters. The lowest BCUT2D eigenvalue weighted by Gasteiger charge is -2.23. The Morgan fingerprint density at radius 2 is 2.20 bits per heavy atom. The molecule has 0 bridgehead atoms. The number of rotatable bonds is 13. The maximum absolute atomic E-state index is 12.2. The minimum atomic E-state index is -1.04. The molecule has 168 valence electrons. The van der Waals surface area contributed by atoms with Crippen LogP contribution in [0.15, 0.2) is 21.9 Å². The van der Waals surface area contributed by atoms with Crippen LogP contribution in [0.1, 0.15) is 69.8 Å². The number of cyclic esters (lactones) is 1. The Kier molecular flexibility index (Phi) is 9.64. The summed E-state index contributed by atoms with van der Waals surface area (Å²) in [7, 11) is 0. The first kappa shape index (κ1) is 24.7. The number of aromatic carboxylic acids is 1. The number of unbranched alkanes of at least 4 members (excludes halogenated alkanes) is 3. The van der Waals surface area contributed by atoms with E-state index in [1.165, 1.54) is 41.3 Å². The number of carboxylic acids is 1. The number of hydrogen-bond acceptors (Lipinski definition) is 7. The average Bonchev–Trinajstić information content (AvgIpc) is 3.25. The quantitative estimate of drug-likeness (QED) is 0.249. The van der Waals surface area contributed by atoms with Crippen molar-refractivity contribution in [1.29, 1.82) is 0 Å². The van der Waals surface area contributed by atoms with Crippen LogP contribution in [0.3, 0.4) is 0 Å². The smallest absolute Gasteiger partial charge is 0.410 e. The van der Waals surface area contributed by atoms with E-state index < -0.39 is 11.6 Å². The standard InChI is InChI=1S/C21H32N2O5S2/c1-4-5-6-7-10-21(3,27)11-8-9-17-15(2)28-20(26)23(17)12-13-29-19-22-16(14-30-19)18(24)25/h8-9,14-15,17,27H,4-7,10-13H2,1-3H3,(H,24,25). The van der Waals surface area contributed by atoms with Gasteiger partial charge in [-0.25, -0.2) is 14.6 Å². The van der Waals surface area contributed by atoms with E-state index in [0.29, 0.717) is 23.1 Å². The summed E-state index contributed by atoms with van der Waals surface area (Å²) in [6, 6.07) is -0.181. The van der Waals surface area contributed by atoms with E-state index in [2.05, 4.69) is 11.9 Å². The predicted molar refractivity (Wildman–Crippen MR) is 119 cm³/mol. The van der Waals surface area contributed by atoms with Gasteiger partial charge in [0.2, 0.25) is 0 Å². The topological polar surface area (TPSA) is 100.0 Å². The summed E-state index contributed by atoms with van der Waals surface area (Å²) in [5.74, 6) is -0.449. The van der Waals surface area contributed by atoms with E-state index in [9.17, 15) is 14.7 Å². The number of aromatic nitrogens is 1. The van der Waals surface area contributed by atoms with Crippen LogP contribution in [0.5, 0.6) is 0 Å². The van der Waals surface area contributed by atoms with Gasteiger partial charge >= 0.3 is 12.1 Å². The Morgan fingerprint density at radius 1 is 1.43 bits per heavy atom. The number of carbonyl (C=O) groups is 2. The zero-order valence-corrected chi connectivity index (χ0v) is 19.5. The number of thioether (sulfide) groups is 1. The molecule has 9 heteroatoms. The molecule has 2 rings (SSSR count). The van der Waals surface area contributed by atoms with Gasteiger partial charge in [0.15, 0.2) is 10.0 Å². The SMILES string of the molecule is CCCCCCC(C)(O)CC=CC1C(C)OC(=O)N1CCSc1nc(C(=O)O)cs1. The van der Waals surface area contributed by atoms with Crippen molar-refractivity contribution in [3.05, 3.63) is 23.2 Å². The normalized spacial score (nSPS) is 21.2. The van der Waals surface area contributed by atoms with Crippen LogP contribution in [-0.2, 0) is 4.74 Å². The molecule has 1 saturated heterocycles. The van der Waals surface area contributed by atoms with Crippen LogP contribution in [-0.4, -0.2) is 62.2 Å². The molecule has 1 amide bonds. The summed E-state index contributed by atoms with van der Waals surface area (Å²) in [5, 5.41) is 21.0. The number of thiazole rings is 1. The van der Waals surface area contributed by atoms with Gasteiger partial charge in [-0.3, -0.25) is 4.90 Å². The minimum Gasteiger partial charge on any atom is -0.476 e. The first-order chi connectivity index (χ1) is 14.2. The fourth-order valence-corrected chi connectivity index (χ4v) is 5.13. The zero-order chi connectivity index (χ0) is 22.1. The van der Waals surface area contributed by atoms with Crippen LogP contribution in [0.25, 0.3) is 0 Å². The molecule has 1 aromatic heterocycles. The fraction of sp³-hybridized carbons (Fsp3) is 0.667. The fourth-order valence-electron chi connectivity index (χ4n) is 3.32. The molecule has 2 heterocycles. The molecule has 1 aliphatic heterocycles. The lowest BCUT2D eigenvalue weighted by molar-refractivity contribution is 0.0510. The van der Waals surface area contributed by atoms with Gasteiger partial charge in [-0.05, 0) is 26.7 Å². The molecule has 1 aliphatic rings. The second-order valence-electron chi connectivity index (χ2n) is 7.87. The van der Waals surface area contributed by atoms with Gasteiger partial charge in [0.25, 0.3) is 0 Å². The van der Waals surface area contributed by atoms with Crippen molar-refractivity contribution in [2.24, 2.45) is 0 Å². The number of carbonyl (C=O) groups excluding carboxylic acids is 1. The van der Waals surface area contributed by atoms with Gasteiger partial charge in [-0.15, -0.1) is 11.3 Å². The van der Waals surface area contributed by atoms with E-state index in [-0.39, 0.29) is 23.9 Å². The molecular weight excluding hydrogens is 424 g/mol. The van der Waals surface area contributed by atoms with Crippen molar-refractivity contribution in [2.75, 3.05) is 12.3 Å². The van der Waals surface area contributed by atoms with Gasteiger partial charge in [0.1, 0.15) is 6.10 Å². The van der Waals surface area contributed by atoms with Crippen molar-refractivity contribution in [2.45, 2.75) is 81.4 Å². The third-order valence-corrected chi connectivity index (χ3v) is 7.08. The van der Waals surface area contributed by atoms with Crippen LogP contribution in [0.2, 0.25) is 0 Å². The molecule has 0 saturated carbocycles. The first-order valence-electron chi connectivity index (χ1n) is 10.4. The summed E-state index contributed by atoms with van der Waals surface area (Å²) in [5.41, 5.74) is -0.705. The second kappa shape index (κ2) is 11.7. The van der Waals surface area contributed by atoms with Gasteiger partial charge in [0.05, 0.1) is 11.6 Å². The van der Waals surface area contributed by atoms with Gasteiger partial charge < -0.3 is 14.9 Å². The predicted octanol–water partition coefficient (Wildman–Crippen LogP) is 4.81. The molecule has 2 N–H and O–H groups in total. The zero-order valence-electron chi connectivity index (χ0n) is 17.9.